The summed E-state index contributed by atoms with van der Waals surface area (Å²) >= 11 is 0. The molecule has 0 radical (unpaired) electrons. The second kappa shape index (κ2) is 7.68. The van der Waals surface area contributed by atoms with E-state index >= 15 is 0 Å². The first-order chi connectivity index (χ1) is 13.2. The third-order valence-electron chi connectivity index (χ3n) is 4.95. The molecule has 0 aromatic heterocycles. The summed E-state index contributed by atoms with van der Waals surface area (Å²) in [4.78, 5) is 2.16. The third-order valence-corrected chi connectivity index (χ3v) is 4.95. The standard InChI is InChI=1S/C24H23NO2/c26-23-15-13-21(14-16-23)25(22-7-4-8-24(27)17-22)20-11-9-19(10-12-20)18-5-2-1-3-6-18/h1-3,5-6,9-17,24,26-27H,4,7-8H2. The Balaban J connectivity index is 1.73. The number of hydrogen-bond acceptors (Lipinski definition) is 3. The molecule has 0 amide bonds. The van der Waals surface area contributed by atoms with Gasteiger partial charge in [-0.2, -0.15) is 0 Å². The fourth-order valence-electron chi connectivity index (χ4n) is 3.58. The molecule has 0 bridgehead atoms. The normalized spacial score (nSPS) is 16.6. The van der Waals surface area contributed by atoms with E-state index in [1.165, 1.54) is 11.1 Å². The molecule has 0 fully saturated rings. The van der Waals surface area contributed by atoms with Gasteiger partial charge in [-0.25, -0.2) is 0 Å². The number of phenols is 1. The molecule has 27 heavy (non-hydrogen) atoms. The smallest absolute Gasteiger partial charge is 0.115 e. The molecule has 3 aromatic carbocycles. The molecule has 3 nitrogen and oxygen atoms in total. The minimum Gasteiger partial charge on any atom is -0.508 e. The Morgan fingerprint density at radius 2 is 1.33 bits per heavy atom. The predicted molar refractivity (Wildman–Crippen MR) is 110 cm³/mol. The van der Waals surface area contributed by atoms with Crippen molar-refractivity contribution >= 4 is 11.4 Å². The van der Waals surface area contributed by atoms with Crippen LogP contribution in [0.25, 0.3) is 11.1 Å². The molecule has 0 saturated heterocycles. The molecule has 0 saturated carbocycles. The molecule has 3 heteroatoms. The molecule has 3 aromatic rings. The van der Waals surface area contributed by atoms with Gasteiger partial charge >= 0.3 is 0 Å². The van der Waals surface area contributed by atoms with E-state index in [4.69, 9.17) is 0 Å². The molecule has 0 aliphatic heterocycles. The van der Waals surface area contributed by atoms with E-state index in [0.29, 0.717) is 0 Å². The number of allylic oxidation sites excluding steroid dienone is 1. The van der Waals surface area contributed by atoms with E-state index in [1.54, 1.807) is 12.1 Å². The van der Waals surface area contributed by atoms with Crippen molar-refractivity contribution in [3.8, 4) is 16.9 Å². The van der Waals surface area contributed by atoms with Crippen LogP contribution in [0.3, 0.4) is 0 Å². The Hall–Kier alpha value is -3.04. The van der Waals surface area contributed by atoms with Crippen LogP contribution in [0.4, 0.5) is 11.4 Å². The van der Waals surface area contributed by atoms with Gasteiger partial charge in [0, 0.05) is 17.1 Å². The van der Waals surface area contributed by atoms with Gasteiger partial charge in [-0.3, -0.25) is 0 Å². The predicted octanol–water partition coefficient (Wildman–Crippen LogP) is 5.63. The highest BCUT2D eigenvalue weighted by atomic mass is 16.3. The lowest BCUT2D eigenvalue weighted by Crippen LogP contribution is -2.22. The monoisotopic (exact) mass is 357 g/mol. The minimum absolute atomic E-state index is 0.246. The van der Waals surface area contributed by atoms with Gasteiger partial charge in [0.05, 0.1) is 6.10 Å². The molecule has 1 aliphatic carbocycles. The van der Waals surface area contributed by atoms with Crippen molar-refractivity contribution in [1.82, 2.24) is 0 Å². The van der Waals surface area contributed by atoms with E-state index in [9.17, 15) is 10.2 Å². The maximum atomic E-state index is 10.1. The van der Waals surface area contributed by atoms with Crippen LogP contribution in [0, 0.1) is 0 Å². The number of benzene rings is 3. The van der Waals surface area contributed by atoms with Crippen LogP contribution in [0.5, 0.6) is 5.75 Å². The zero-order chi connectivity index (χ0) is 18.6. The third kappa shape index (κ3) is 3.88. The van der Waals surface area contributed by atoms with Crippen molar-refractivity contribution < 1.29 is 10.2 Å². The molecule has 0 spiro atoms. The van der Waals surface area contributed by atoms with Gasteiger partial charge < -0.3 is 15.1 Å². The van der Waals surface area contributed by atoms with E-state index in [2.05, 4.69) is 41.3 Å². The van der Waals surface area contributed by atoms with Crippen molar-refractivity contribution in [2.24, 2.45) is 0 Å². The Bertz CT molecular complexity index is 915. The molecule has 1 aliphatic rings. The van der Waals surface area contributed by atoms with E-state index in [0.717, 1.165) is 36.3 Å². The largest absolute Gasteiger partial charge is 0.508 e. The van der Waals surface area contributed by atoms with Crippen LogP contribution in [0.2, 0.25) is 0 Å². The number of anilines is 2. The molecular weight excluding hydrogens is 334 g/mol. The summed E-state index contributed by atoms with van der Waals surface area (Å²) in [6, 6.07) is 26.0. The number of nitrogens with zero attached hydrogens (tertiary/aromatic N) is 1. The summed E-state index contributed by atoms with van der Waals surface area (Å²) < 4.78 is 0. The first-order valence-electron chi connectivity index (χ1n) is 9.34. The van der Waals surface area contributed by atoms with E-state index in [-0.39, 0.29) is 5.75 Å². The SMILES string of the molecule is Oc1ccc(N(C2=CC(O)CCC2)c2ccc(-c3ccccc3)cc2)cc1. The summed E-state index contributed by atoms with van der Waals surface area (Å²) in [5, 5.41) is 19.8. The average Bonchev–Trinajstić information content (AvgIpc) is 2.71. The summed E-state index contributed by atoms with van der Waals surface area (Å²) in [6.45, 7) is 0. The van der Waals surface area contributed by atoms with Crippen molar-refractivity contribution in [3.05, 3.63) is 90.6 Å². The zero-order valence-electron chi connectivity index (χ0n) is 15.1. The van der Waals surface area contributed by atoms with Gasteiger partial charge in [0.25, 0.3) is 0 Å². The van der Waals surface area contributed by atoms with E-state index in [1.807, 2.05) is 36.4 Å². The van der Waals surface area contributed by atoms with Crippen LogP contribution in [-0.2, 0) is 0 Å². The summed E-state index contributed by atoms with van der Waals surface area (Å²) in [5.74, 6) is 0.246. The zero-order valence-corrected chi connectivity index (χ0v) is 15.1. The first kappa shape index (κ1) is 17.4. The Kier molecular flexibility index (Phi) is 4.95. The van der Waals surface area contributed by atoms with Crippen LogP contribution < -0.4 is 4.90 Å². The summed E-state index contributed by atoms with van der Waals surface area (Å²) in [7, 11) is 0. The Morgan fingerprint density at radius 1 is 0.741 bits per heavy atom. The Morgan fingerprint density at radius 3 is 1.96 bits per heavy atom. The van der Waals surface area contributed by atoms with Gasteiger partial charge in [-0.15, -0.1) is 0 Å². The maximum absolute atomic E-state index is 10.1. The Labute approximate surface area is 159 Å². The summed E-state index contributed by atoms with van der Waals surface area (Å²) in [6.07, 6.45) is 4.22. The first-order valence-corrected chi connectivity index (χ1v) is 9.34. The van der Waals surface area contributed by atoms with Gasteiger partial charge in [-0.05, 0) is 72.9 Å². The lowest BCUT2D eigenvalue weighted by Gasteiger charge is -2.31. The quantitative estimate of drug-likeness (QED) is 0.636. The van der Waals surface area contributed by atoms with Crippen molar-refractivity contribution in [1.29, 1.82) is 0 Å². The number of aliphatic hydroxyl groups is 1. The lowest BCUT2D eigenvalue weighted by molar-refractivity contribution is 0.202. The molecule has 4 rings (SSSR count). The van der Waals surface area contributed by atoms with Gasteiger partial charge in [0.2, 0.25) is 0 Å². The number of phenolic OH excluding ortho intramolecular Hbond substituents is 1. The fourth-order valence-corrected chi connectivity index (χ4v) is 3.58. The van der Waals surface area contributed by atoms with Crippen LogP contribution in [-0.4, -0.2) is 16.3 Å². The second-order valence-corrected chi connectivity index (χ2v) is 6.88. The van der Waals surface area contributed by atoms with Crippen molar-refractivity contribution in [2.75, 3.05) is 4.90 Å². The van der Waals surface area contributed by atoms with Gasteiger partial charge in [0.15, 0.2) is 0 Å². The van der Waals surface area contributed by atoms with Crippen LogP contribution in [0.15, 0.2) is 90.6 Å². The molecule has 0 heterocycles. The average molecular weight is 357 g/mol. The van der Waals surface area contributed by atoms with E-state index < -0.39 is 6.10 Å². The minimum atomic E-state index is -0.406. The molecule has 136 valence electrons. The second-order valence-electron chi connectivity index (χ2n) is 6.88. The molecule has 1 unspecified atom stereocenters. The fraction of sp³-hybridized carbons (Fsp3) is 0.167. The number of aromatic hydroxyl groups is 1. The van der Waals surface area contributed by atoms with Crippen molar-refractivity contribution in [3.63, 3.8) is 0 Å². The number of aliphatic hydroxyl groups excluding tert-OH is 1. The number of hydrogen-bond donors (Lipinski definition) is 2. The van der Waals surface area contributed by atoms with Crippen LogP contribution >= 0.6 is 0 Å². The summed E-state index contributed by atoms with van der Waals surface area (Å²) in [5.41, 5.74) is 5.46. The van der Waals surface area contributed by atoms with Crippen molar-refractivity contribution in [2.45, 2.75) is 25.4 Å². The van der Waals surface area contributed by atoms with Crippen LogP contribution in [0.1, 0.15) is 19.3 Å². The highest BCUT2D eigenvalue weighted by Gasteiger charge is 2.19. The lowest BCUT2D eigenvalue weighted by atomic mass is 9.99. The van der Waals surface area contributed by atoms with Gasteiger partial charge in [0.1, 0.15) is 5.75 Å². The molecular formula is C24H23NO2. The number of rotatable bonds is 4. The highest BCUT2D eigenvalue weighted by molar-refractivity contribution is 5.72. The highest BCUT2D eigenvalue weighted by Crippen LogP contribution is 2.36. The topological polar surface area (TPSA) is 43.7 Å². The van der Waals surface area contributed by atoms with Gasteiger partial charge in [-0.1, -0.05) is 42.5 Å². The molecule has 2 N–H and O–H groups in total. The molecule has 1 atom stereocenters. The maximum Gasteiger partial charge on any atom is 0.115 e.